The van der Waals surface area contributed by atoms with Gasteiger partial charge in [-0.2, -0.15) is 5.26 Å². The van der Waals surface area contributed by atoms with Gasteiger partial charge in [0.25, 0.3) is 11.8 Å². The number of fused-ring (bicyclic) bond motifs is 2. The zero-order chi connectivity index (χ0) is 23.7. The maximum atomic E-state index is 12.9. The lowest BCUT2D eigenvalue weighted by atomic mass is 9.89. The molecule has 3 aromatic rings. The molecule has 2 aliphatic carbocycles. The van der Waals surface area contributed by atoms with E-state index in [1.54, 1.807) is 11.3 Å². The smallest absolute Gasteiger partial charge is 0.270 e. The minimum atomic E-state index is -0.355. The molecule has 1 aromatic carbocycles. The standard InChI is InChI=1S/C26H23N5O2S/c1-15-8-19-4-2-17(10-24(19)34-15)13-28-25(32)22-11-23(30-14-29-22)26(33)31-21-7-5-18-9-16(12-27)3-6-20(18)21/h2-4,8-11,14,20-21H,5-7,13H2,1H3,(H,28,32)(H,31,33)/t20?,21-/m0/s1. The van der Waals surface area contributed by atoms with E-state index in [-0.39, 0.29) is 35.2 Å². The van der Waals surface area contributed by atoms with Gasteiger partial charge < -0.3 is 10.6 Å². The minimum Gasteiger partial charge on any atom is -0.347 e. The molecule has 8 heteroatoms. The van der Waals surface area contributed by atoms with Crippen LogP contribution in [0.3, 0.4) is 0 Å². The van der Waals surface area contributed by atoms with E-state index in [4.69, 9.17) is 5.26 Å². The second-order valence-electron chi connectivity index (χ2n) is 8.65. The van der Waals surface area contributed by atoms with Crippen molar-refractivity contribution in [3.05, 3.63) is 81.8 Å². The molecular formula is C26H23N5O2S. The molecule has 0 aliphatic heterocycles. The summed E-state index contributed by atoms with van der Waals surface area (Å²) in [5.74, 6) is -0.474. The summed E-state index contributed by atoms with van der Waals surface area (Å²) in [6.07, 6.45) is 7.53. The molecule has 0 bridgehead atoms. The SMILES string of the molecule is Cc1cc2ccc(CNC(=O)c3cc(C(=O)N[C@H]4CCC5=CC(C#N)=CCC54)ncn3)cc2s1. The van der Waals surface area contributed by atoms with Crippen LogP contribution in [0.4, 0.5) is 0 Å². The predicted octanol–water partition coefficient (Wildman–Crippen LogP) is 4.22. The predicted molar refractivity (Wildman–Crippen MR) is 130 cm³/mol. The van der Waals surface area contributed by atoms with Gasteiger partial charge in [-0.3, -0.25) is 9.59 Å². The largest absolute Gasteiger partial charge is 0.347 e. The summed E-state index contributed by atoms with van der Waals surface area (Å²) in [5, 5.41) is 16.2. The number of hydrogen-bond acceptors (Lipinski definition) is 6. The van der Waals surface area contributed by atoms with Crippen LogP contribution in [0.1, 0.15) is 50.7 Å². The van der Waals surface area contributed by atoms with Gasteiger partial charge >= 0.3 is 0 Å². The first-order chi connectivity index (χ1) is 16.5. The Morgan fingerprint density at radius 1 is 1.18 bits per heavy atom. The van der Waals surface area contributed by atoms with Crippen molar-refractivity contribution in [2.24, 2.45) is 5.92 Å². The van der Waals surface area contributed by atoms with Gasteiger partial charge in [-0.15, -0.1) is 11.3 Å². The summed E-state index contributed by atoms with van der Waals surface area (Å²) < 4.78 is 1.19. The van der Waals surface area contributed by atoms with E-state index in [2.05, 4.69) is 51.8 Å². The summed E-state index contributed by atoms with van der Waals surface area (Å²) in [4.78, 5) is 34.9. The highest BCUT2D eigenvalue weighted by Gasteiger charge is 2.34. The normalized spacial score (nSPS) is 19.1. The summed E-state index contributed by atoms with van der Waals surface area (Å²) in [7, 11) is 0. The zero-order valence-corrected chi connectivity index (χ0v) is 19.5. The maximum Gasteiger partial charge on any atom is 0.270 e. The van der Waals surface area contributed by atoms with Crippen LogP contribution in [0.5, 0.6) is 0 Å². The van der Waals surface area contributed by atoms with Crippen molar-refractivity contribution in [3.63, 3.8) is 0 Å². The van der Waals surface area contributed by atoms with Crippen molar-refractivity contribution in [2.75, 3.05) is 0 Å². The first kappa shape index (κ1) is 22.0. The third kappa shape index (κ3) is 4.47. The van der Waals surface area contributed by atoms with E-state index in [1.807, 2.05) is 18.2 Å². The van der Waals surface area contributed by atoms with Gasteiger partial charge in [0, 0.05) is 39.7 Å². The molecular weight excluding hydrogens is 446 g/mol. The van der Waals surface area contributed by atoms with Crippen molar-refractivity contribution in [1.82, 2.24) is 20.6 Å². The van der Waals surface area contributed by atoms with Crippen LogP contribution in [0.15, 0.2) is 60.0 Å². The lowest BCUT2D eigenvalue weighted by Crippen LogP contribution is -2.38. The molecule has 5 rings (SSSR count). The number of allylic oxidation sites excluding steroid dienone is 3. The van der Waals surface area contributed by atoms with Crippen molar-refractivity contribution in [1.29, 1.82) is 5.26 Å². The Bertz CT molecular complexity index is 1400. The molecule has 0 radical (unpaired) electrons. The minimum absolute atomic E-state index is 0.0155. The lowest BCUT2D eigenvalue weighted by molar-refractivity contribution is 0.0924. The number of amides is 2. The highest BCUT2D eigenvalue weighted by atomic mass is 32.1. The number of aromatic nitrogens is 2. The van der Waals surface area contributed by atoms with Crippen molar-refractivity contribution >= 4 is 33.2 Å². The number of hydrogen-bond donors (Lipinski definition) is 2. The fourth-order valence-corrected chi connectivity index (χ4v) is 5.65. The number of benzene rings is 1. The van der Waals surface area contributed by atoms with Crippen LogP contribution < -0.4 is 10.6 Å². The first-order valence-electron chi connectivity index (χ1n) is 11.2. The average Bonchev–Trinajstić information content (AvgIpc) is 3.43. The number of nitrogens with one attached hydrogen (secondary N) is 2. The third-order valence-corrected chi connectivity index (χ3v) is 7.39. The van der Waals surface area contributed by atoms with E-state index >= 15 is 0 Å². The van der Waals surface area contributed by atoms with Crippen LogP contribution in [0, 0.1) is 24.2 Å². The molecule has 34 heavy (non-hydrogen) atoms. The van der Waals surface area contributed by atoms with Crippen molar-refractivity contribution in [2.45, 2.75) is 38.8 Å². The molecule has 2 heterocycles. The van der Waals surface area contributed by atoms with Gasteiger partial charge in [0.2, 0.25) is 0 Å². The van der Waals surface area contributed by atoms with Crippen LogP contribution in [0.25, 0.3) is 10.1 Å². The second kappa shape index (κ2) is 9.20. The van der Waals surface area contributed by atoms with Crippen molar-refractivity contribution < 1.29 is 9.59 Å². The van der Waals surface area contributed by atoms with Gasteiger partial charge in [0.15, 0.2) is 0 Å². The molecule has 2 aromatic heterocycles. The Labute approximate surface area is 201 Å². The van der Waals surface area contributed by atoms with Crippen molar-refractivity contribution in [3.8, 4) is 6.07 Å². The molecule has 2 atom stereocenters. The second-order valence-corrected chi connectivity index (χ2v) is 9.94. The van der Waals surface area contributed by atoms with Gasteiger partial charge in [-0.25, -0.2) is 9.97 Å². The highest BCUT2D eigenvalue weighted by molar-refractivity contribution is 7.19. The molecule has 1 unspecified atom stereocenters. The van der Waals surface area contributed by atoms with Gasteiger partial charge in [0.05, 0.1) is 6.07 Å². The molecule has 1 fully saturated rings. The van der Waals surface area contributed by atoms with E-state index in [1.165, 1.54) is 32.9 Å². The molecule has 0 saturated heterocycles. The molecule has 2 aliphatic rings. The van der Waals surface area contributed by atoms with Crippen LogP contribution >= 0.6 is 11.3 Å². The van der Waals surface area contributed by atoms with Crippen LogP contribution in [0.2, 0.25) is 0 Å². The molecule has 7 nitrogen and oxygen atoms in total. The Balaban J connectivity index is 1.22. The number of carbonyl (C=O) groups is 2. The van der Waals surface area contributed by atoms with Gasteiger partial charge in [0.1, 0.15) is 17.7 Å². The topological polar surface area (TPSA) is 108 Å². The quantitative estimate of drug-likeness (QED) is 0.582. The van der Waals surface area contributed by atoms with Gasteiger partial charge in [-0.1, -0.05) is 23.8 Å². The Morgan fingerprint density at radius 3 is 2.82 bits per heavy atom. The summed E-state index contributed by atoms with van der Waals surface area (Å²) in [6, 6.07) is 11.9. The molecule has 2 N–H and O–H groups in total. The number of aryl methyl sites for hydroxylation is 1. The van der Waals surface area contributed by atoms with E-state index in [9.17, 15) is 9.59 Å². The van der Waals surface area contributed by atoms with E-state index in [0.29, 0.717) is 12.1 Å². The number of nitriles is 1. The summed E-state index contributed by atoms with van der Waals surface area (Å²) in [5.41, 5.74) is 3.22. The lowest BCUT2D eigenvalue weighted by Gasteiger charge is -2.22. The molecule has 170 valence electrons. The number of nitrogens with zero attached hydrogens (tertiary/aromatic N) is 3. The van der Waals surface area contributed by atoms with Crippen LogP contribution in [-0.4, -0.2) is 27.8 Å². The number of thiophene rings is 1. The average molecular weight is 470 g/mol. The molecule has 2 amide bonds. The number of carbonyl (C=O) groups excluding carboxylic acids is 2. The molecule has 0 spiro atoms. The fourth-order valence-electron chi connectivity index (χ4n) is 4.66. The number of rotatable bonds is 5. The first-order valence-corrected chi connectivity index (χ1v) is 12.0. The molecule has 1 saturated carbocycles. The fraction of sp³-hybridized carbons (Fsp3) is 0.269. The Hall–Kier alpha value is -3.83. The van der Waals surface area contributed by atoms with Crippen LogP contribution in [-0.2, 0) is 6.54 Å². The van der Waals surface area contributed by atoms with E-state index < -0.39 is 0 Å². The Morgan fingerprint density at radius 2 is 2.00 bits per heavy atom. The monoisotopic (exact) mass is 469 g/mol. The van der Waals surface area contributed by atoms with Gasteiger partial charge in [-0.05, 0) is 55.3 Å². The summed E-state index contributed by atoms with van der Waals surface area (Å²) in [6.45, 7) is 2.45. The Kier molecular flexibility index (Phi) is 5.95. The highest BCUT2D eigenvalue weighted by Crippen LogP contribution is 2.38. The zero-order valence-electron chi connectivity index (χ0n) is 18.7. The van der Waals surface area contributed by atoms with E-state index in [0.717, 1.165) is 24.8 Å². The summed E-state index contributed by atoms with van der Waals surface area (Å²) >= 11 is 1.72. The third-order valence-electron chi connectivity index (χ3n) is 6.38. The maximum absolute atomic E-state index is 12.9.